The summed E-state index contributed by atoms with van der Waals surface area (Å²) in [6, 6.07) is 11.0. The van der Waals surface area contributed by atoms with Gasteiger partial charge in [-0.25, -0.2) is 5.43 Å². The molecular formula is C15H14N2O4. The number of aromatic hydroxyl groups is 2. The molecule has 21 heavy (non-hydrogen) atoms. The molecule has 0 aromatic heterocycles. The average Bonchev–Trinajstić information content (AvgIpc) is 2.50. The number of hydrogen-bond donors (Lipinski definition) is 3. The zero-order chi connectivity index (χ0) is 15.2. The van der Waals surface area contributed by atoms with Crippen LogP contribution >= 0.6 is 0 Å². The van der Waals surface area contributed by atoms with Gasteiger partial charge in [0.2, 0.25) is 0 Å². The van der Waals surface area contributed by atoms with Crippen molar-refractivity contribution in [3.63, 3.8) is 0 Å². The lowest BCUT2D eigenvalue weighted by molar-refractivity contribution is 0.0954. The SMILES string of the molecule is COc1ccccc1/C=N/NC(=O)c1ccc(O)c(O)c1. The van der Waals surface area contributed by atoms with Crippen LogP contribution in [0.25, 0.3) is 0 Å². The van der Waals surface area contributed by atoms with Gasteiger partial charge < -0.3 is 14.9 Å². The lowest BCUT2D eigenvalue weighted by atomic mass is 10.2. The first kappa shape index (κ1) is 14.4. The van der Waals surface area contributed by atoms with Gasteiger partial charge in [0.05, 0.1) is 13.3 Å². The van der Waals surface area contributed by atoms with Crippen molar-refractivity contribution in [2.45, 2.75) is 0 Å². The normalized spacial score (nSPS) is 10.5. The van der Waals surface area contributed by atoms with Gasteiger partial charge in [0.25, 0.3) is 5.91 Å². The van der Waals surface area contributed by atoms with Crippen LogP contribution in [0.15, 0.2) is 47.6 Å². The average molecular weight is 286 g/mol. The molecule has 0 fully saturated rings. The monoisotopic (exact) mass is 286 g/mol. The fourth-order valence-electron chi connectivity index (χ4n) is 1.66. The standard InChI is InChI=1S/C15H14N2O4/c1-21-14-5-3-2-4-11(14)9-16-17-15(20)10-6-7-12(18)13(19)8-10/h2-9,18-19H,1H3,(H,17,20)/b16-9+. The number of hydrazone groups is 1. The largest absolute Gasteiger partial charge is 0.504 e. The summed E-state index contributed by atoms with van der Waals surface area (Å²) in [7, 11) is 1.55. The van der Waals surface area contributed by atoms with Gasteiger partial charge in [-0.15, -0.1) is 0 Å². The van der Waals surface area contributed by atoms with Gasteiger partial charge >= 0.3 is 0 Å². The van der Waals surface area contributed by atoms with E-state index in [9.17, 15) is 15.0 Å². The van der Waals surface area contributed by atoms with E-state index >= 15 is 0 Å². The molecule has 6 nitrogen and oxygen atoms in total. The minimum atomic E-state index is -0.503. The highest BCUT2D eigenvalue weighted by Gasteiger charge is 2.07. The molecule has 3 N–H and O–H groups in total. The summed E-state index contributed by atoms with van der Waals surface area (Å²) >= 11 is 0. The van der Waals surface area contributed by atoms with Crippen molar-refractivity contribution in [2.24, 2.45) is 5.10 Å². The topological polar surface area (TPSA) is 91.2 Å². The van der Waals surface area contributed by atoms with E-state index in [0.717, 1.165) is 6.07 Å². The molecular weight excluding hydrogens is 272 g/mol. The Labute approximate surface area is 121 Å². The molecule has 0 spiro atoms. The summed E-state index contributed by atoms with van der Waals surface area (Å²) in [6.07, 6.45) is 1.46. The number of ether oxygens (including phenoxy) is 1. The minimum absolute atomic E-state index is 0.183. The Balaban J connectivity index is 2.06. The molecule has 2 aromatic carbocycles. The van der Waals surface area contributed by atoms with Crippen molar-refractivity contribution in [1.29, 1.82) is 0 Å². The van der Waals surface area contributed by atoms with Gasteiger partial charge in [0, 0.05) is 11.1 Å². The Bertz CT molecular complexity index is 683. The summed E-state index contributed by atoms with van der Waals surface area (Å²) < 4.78 is 5.15. The predicted molar refractivity (Wildman–Crippen MR) is 77.8 cm³/mol. The van der Waals surface area contributed by atoms with Crippen molar-refractivity contribution >= 4 is 12.1 Å². The maximum absolute atomic E-state index is 11.8. The van der Waals surface area contributed by atoms with E-state index < -0.39 is 5.91 Å². The van der Waals surface area contributed by atoms with Gasteiger partial charge in [-0.05, 0) is 30.3 Å². The van der Waals surface area contributed by atoms with Crippen LogP contribution in [0.5, 0.6) is 17.2 Å². The minimum Gasteiger partial charge on any atom is -0.504 e. The van der Waals surface area contributed by atoms with Crippen molar-refractivity contribution in [2.75, 3.05) is 7.11 Å². The second-order valence-electron chi connectivity index (χ2n) is 4.14. The lowest BCUT2D eigenvalue weighted by Crippen LogP contribution is -2.17. The number of carbonyl (C=O) groups is 1. The zero-order valence-electron chi connectivity index (χ0n) is 11.3. The molecule has 0 aliphatic heterocycles. The Hall–Kier alpha value is -3.02. The first-order valence-electron chi connectivity index (χ1n) is 6.10. The quantitative estimate of drug-likeness (QED) is 0.454. The molecule has 108 valence electrons. The number of phenols is 2. The number of rotatable bonds is 4. The van der Waals surface area contributed by atoms with Crippen LogP contribution in [-0.4, -0.2) is 29.4 Å². The third kappa shape index (κ3) is 3.50. The van der Waals surface area contributed by atoms with E-state index in [1.807, 2.05) is 12.1 Å². The molecule has 0 saturated heterocycles. The van der Waals surface area contributed by atoms with Crippen molar-refractivity contribution < 1.29 is 19.7 Å². The first-order valence-corrected chi connectivity index (χ1v) is 6.10. The molecule has 1 amide bonds. The molecule has 2 rings (SSSR count). The Kier molecular flexibility index (Phi) is 4.40. The number of para-hydroxylation sites is 1. The van der Waals surface area contributed by atoms with E-state index in [1.165, 1.54) is 18.3 Å². The number of benzene rings is 2. The fraction of sp³-hybridized carbons (Fsp3) is 0.0667. The lowest BCUT2D eigenvalue weighted by Gasteiger charge is -2.04. The Morgan fingerprint density at radius 1 is 1.19 bits per heavy atom. The molecule has 0 aliphatic rings. The first-order chi connectivity index (χ1) is 10.1. The molecule has 0 aliphatic carbocycles. The van der Waals surface area contributed by atoms with E-state index in [2.05, 4.69) is 10.5 Å². The van der Waals surface area contributed by atoms with Crippen LogP contribution in [0.3, 0.4) is 0 Å². The highest BCUT2D eigenvalue weighted by Crippen LogP contribution is 2.24. The molecule has 2 aromatic rings. The smallest absolute Gasteiger partial charge is 0.271 e. The van der Waals surface area contributed by atoms with Crippen molar-refractivity contribution in [1.82, 2.24) is 5.43 Å². The number of nitrogens with one attached hydrogen (secondary N) is 1. The zero-order valence-corrected chi connectivity index (χ0v) is 11.3. The van der Waals surface area contributed by atoms with Crippen LogP contribution in [0.4, 0.5) is 0 Å². The molecule has 0 bridgehead atoms. The predicted octanol–water partition coefficient (Wildman–Crippen LogP) is 1.87. The summed E-state index contributed by atoms with van der Waals surface area (Å²) in [6.45, 7) is 0. The van der Waals surface area contributed by atoms with Gasteiger partial charge in [-0.2, -0.15) is 5.10 Å². The Morgan fingerprint density at radius 3 is 2.67 bits per heavy atom. The summed E-state index contributed by atoms with van der Waals surface area (Å²) in [5, 5.41) is 22.3. The number of phenolic OH excluding ortho intramolecular Hbond substituents is 2. The third-order valence-electron chi connectivity index (χ3n) is 2.75. The summed E-state index contributed by atoms with van der Waals surface area (Å²) in [4.78, 5) is 11.8. The molecule has 0 radical (unpaired) electrons. The summed E-state index contributed by atoms with van der Waals surface area (Å²) in [5.41, 5.74) is 3.23. The van der Waals surface area contributed by atoms with E-state index in [1.54, 1.807) is 19.2 Å². The Morgan fingerprint density at radius 2 is 1.95 bits per heavy atom. The maximum Gasteiger partial charge on any atom is 0.271 e. The van der Waals surface area contributed by atoms with Crippen LogP contribution in [0, 0.1) is 0 Å². The molecule has 6 heteroatoms. The van der Waals surface area contributed by atoms with E-state index in [4.69, 9.17) is 4.74 Å². The molecule has 0 unspecified atom stereocenters. The number of nitrogens with zero attached hydrogens (tertiary/aromatic N) is 1. The number of hydrogen-bond acceptors (Lipinski definition) is 5. The number of methoxy groups -OCH3 is 1. The van der Waals surface area contributed by atoms with Crippen LogP contribution in [0.2, 0.25) is 0 Å². The third-order valence-corrected chi connectivity index (χ3v) is 2.75. The molecule has 0 saturated carbocycles. The maximum atomic E-state index is 11.8. The highest BCUT2D eigenvalue weighted by molar-refractivity contribution is 5.95. The number of amides is 1. The highest BCUT2D eigenvalue weighted by atomic mass is 16.5. The van der Waals surface area contributed by atoms with Crippen LogP contribution in [0.1, 0.15) is 15.9 Å². The van der Waals surface area contributed by atoms with E-state index in [0.29, 0.717) is 11.3 Å². The van der Waals surface area contributed by atoms with Crippen LogP contribution in [-0.2, 0) is 0 Å². The molecule has 0 atom stereocenters. The van der Waals surface area contributed by atoms with Gasteiger partial charge in [0.15, 0.2) is 11.5 Å². The van der Waals surface area contributed by atoms with Crippen LogP contribution < -0.4 is 10.2 Å². The second-order valence-corrected chi connectivity index (χ2v) is 4.14. The van der Waals surface area contributed by atoms with Gasteiger partial charge in [-0.1, -0.05) is 12.1 Å². The second kappa shape index (κ2) is 6.42. The van der Waals surface area contributed by atoms with Gasteiger partial charge in [0.1, 0.15) is 5.75 Å². The van der Waals surface area contributed by atoms with Crippen molar-refractivity contribution in [3.8, 4) is 17.2 Å². The van der Waals surface area contributed by atoms with Gasteiger partial charge in [-0.3, -0.25) is 4.79 Å². The fourth-order valence-corrected chi connectivity index (χ4v) is 1.66. The number of carbonyl (C=O) groups excluding carboxylic acids is 1. The van der Waals surface area contributed by atoms with Crippen molar-refractivity contribution in [3.05, 3.63) is 53.6 Å². The summed E-state index contributed by atoms with van der Waals surface area (Å²) in [5.74, 6) is -0.519. The molecule has 0 heterocycles. The van der Waals surface area contributed by atoms with E-state index in [-0.39, 0.29) is 17.1 Å².